The Kier molecular flexibility index (Phi) is 6.68. The molecule has 31 heavy (non-hydrogen) atoms. The minimum atomic E-state index is -4.74. The van der Waals surface area contributed by atoms with Gasteiger partial charge >= 0.3 is 12.1 Å². The van der Waals surface area contributed by atoms with Crippen molar-refractivity contribution in [3.8, 4) is 0 Å². The number of carbonyl (C=O) groups excluding carboxylic acids is 1. The summed E-state index contributed by atoms with van der Waals surface area (Å²) in [6, 6.07) is 5.91. The van der Waals surface area contributed by atoms with Crippen LogP contribution >= 0.6 is 15.9 Å². The molecule has 0 heterocycles. The molecule has 166 valence electrons. The minimum absolute atomic E-state index is 0.195. The van der Waals surface area contributed by atoms with Crippen LogP contribution in [0.4, 0.5) is 27.6 Å². The van der Waals surface area contributed by atoms with Crippen LogP contribution in [0.3, 0.4) is 0 Å². The van der Waals surface area contributed by atoms with Crippen LogP contribution in [0.1, 0.15) is 36.3 Å². The third-order valence-corrected chi connectivity index (χ3v) is 6.09. The van der Waals surface area contributed by atoms with Crippen LogP contribution in [0.5, 0.6) is 0 Å². The van der Waals surface area contributed by atoms with Crippen LogP contribution in [-0.4, -0.2) is 17.0 Å². The molecule has 2 N–H and O–H groups in total. The molecule has 0 aliphatic heterocycles. The van der Waals surface area contributed by atoms with Crippen molar-refractivity contribution in [2.24, 2.45) is 11.8 Å². The number of nitrogens with one attached hydrogen (secondary N) is 1. The van der Waals surface area contributed by atoms with Crippen molar-refractivity contribution >= 4 is 33.5 Å². The average molecular weight is 506 g/mol. The number of amides is 1. The van der Waals surface area contributed by atoms with Crippen molar-refractivity contribution in [3.05, 3.63) is 63.6 Å². The summed E-state index contributed by atoms with van der Waals surface area (Å²) in [6.07, 6.45) is -3.66. The standard InChI is InChI=1S/C21H17BrF5NO3/c22-14-6-4-10(8-15(14)23)12-2-1-3-13(18(12)20(30)31)19(29)28-17-7-5-11(9-16(17)24)21(25,26)27/h4-9,12-13,18H,1-3H2,(H,28,29)(H,30,31)/t12-,13-,18-/m1/s1. The van der Waals surface area contributed by atoms with E-state index in [-0.39, 0.29) is 17.0 Å². The van der Waals surface area contributed by atoms with Crippen molar-refractivity contribution in [3.63, 3.8) is 0 Å². The van der Waals surface area contributed by atoms with E-state index in [1.54, 1.807) is 6.07 Å². The Morgan fingerprint density at radius 1 is 1.03 bits per heavy atom. The topological polar surface area (TPSA) is 66.4 Å². The number of carbonyl (C=O) groups is 2. The number of alkyl halides is 3. The summed E-state index contributed by atoms with van der Waals surface area (Å²) in [5.41, 5.74) is -1.26. The molecule has 1 saturated carbocycles. The molecular weight excluding hydrogens is 489 g/mol. The van der Waals surface area contributed by atoms with E-state index >= 15 is 0 Å². The number of anilines is 1. The third-order valence-electron chi connectivity index (χ3n) is 5.45. The number of halogens is 6. The monoisotopic (exact) mass is 505 g/mol. The van der Waals surface area contributed by atoms with Gasteiger partial charge in [0.15, 0.2) is 0 Å². The summed E-state index contributed by atoms with van der Waals surface area (Å²) in [6.45, 7) is 0. The molecular formula is C21H17BrF5NO3. The zero-order chi connectivity index (χ0) is 22.9. The van der Waals surface area contributed by atoms with Gasteiger partial charge < -0.3 is 10.4 Å². The quantitative estimate of drug-likeness (QED) is 0.503. The van der Waals surface area contributed by atoms with E-state index in [2.05, 4.69) is 21.2 Å². The highest BCUT2D eigenvalue weighted by Crippen LogP contribution is 2.43. The Bertz CT molecular complexity index is 1010. The summed E-state index contributed by atoms with van der Waals surface area (Å²) in [5, 5.41) is 12.0. The van der Waals surface area contributed by atoms with Gasteiger partial charge in [-0.2, -0.15) is 13.2 Å². The largest absolute Gasteiger partial charge is 0.481 e. The highest BCUT2D eigenvalue weighted by atomic mass is 79.9. The molecule has 0 unspecified atom stereocenters. The molecule has 10 heteroatoms. The molecule has 0 radical (unpaired) electrons. The molecule has 2 aromatic carbocycles. The van der Waals surface area contributed by atoms with Crippen molar-refractivity contribution in [1.29, 1.82) is 0 Å². The summed E-state index contributed by atoms with van der Waals surface area (Å²) in [5.74, 6) is -6.84. The maximum absolute atomic E-state index is 14.1. The van der Waals surface area contributed by atoms with Gasteiger partial charge in [-0.15, -0.1) is 0 Å². The first kappa shape index (κ1) is 23.2. The van der Waals surface area contributed by atoms with E-state index in [0.717, 1.165) is 6.07 Å². The van der Waals surface area contributed by atoms with Gasteiger partial charge in [-0.05, 0) is 70.6 Å². The van der Waals surface area contributed by atoms with Gasteiger partial charge in [-0.25, -0.2) is 8.78 Å². The lowest BCUT2D eigenvalue weighted by Gasteiger charge is -2.35. The van der Waals surface area contributed by atoms with Gasteiger partial charge in [-0.3, -0.25) is 9.59 Å². The number of benzene rings is 2. The fourth-order valence-corrected chi connectivity index (χ4v) is 4.22. The zero-order valence-corrected chi connectivity index (χ0v) is 17.4. The Hall–Kier alpha value is -2.49. The molecule has 4 nitrogen and oxygen atoms in total. The van der Waals surface area contributed by atoms with Gasteiger partial charge in [-0.1, -0.05) is 12.5 Å². The molecule has 1 aliphatic rings. The Morgan fingerprint density at radius 3 is 2.32 bits per heavy atom. The van der Waals surface area contributed by atoms with Gasteiger partial charge in [0.1, 0.15) is 11.6 Å². The predicted octanol–water partition coefficient (Wildman–Crippen LogP) is 5.97. The molecule has 0 spiro atoms. The van der Waals surface area contributed by atoms with Gasteiger partial charge in [0.2, 0.25) is 5.91 Å². The van der Waals surface area contributed by atoms with Crippen LogP contribution in [0.25, 0.3) is 0 Å². The van der Waals surface area contributed by atoms with Crippen LogP contribution in [0.2, 0.25) is 0 Å². The summed E-state index contributed by atoms with van der Waals surface area (Å²) >= 11 is 3.03. The molecule has 0 saturated heterocycles. The van der Waals surface area contributed by atoms with Crippen molar-refractivity contribution in [2.75, 3.05) is 5.32 Å². The summed E-state index contributed by atoms with van der Waals surface area (Å²) in [7, 11) is 0. The van der Waals surface area contributed by atoms with Gasteiger partial charge in [0.05, 0.1) is 27.6 Å². The summed E-state index contributed by atoms with van der Waals surface area (Å²) < 4.78 is 66.4. The van der Waals surface area contributed by atoms with E-state index in [1.807, 2.05) is 0 Å². The van der Waals surface area contributed by atoms with Crippen LogP contribution in [0.15, 0.2) is 40.9 Å². The van der Waals surface area contributed by atoms with Gasteiger partial charge in [0, 0.05) is 0 Å². The van der Waals surface area contributed by atoms with E-state index < -0.39 is 58.7 Å². The lowest BCUT2D eigenvalue weighted by atomic mass is 9.69. The lowest BCUT2D eigenvalue weighted by molar-refractivity contribution is -0.148. The minimum Gasteiger partial charge on any atom is -0.481 e. The molecule has 3 atom stereocenters. The first-order valence-corrected chi connectivity index (χ1v) is 10.1. The van der Waals surface area contributed by atoms with Crippen molar-refractivity contribution in [2.45, 2.75) is 31.4 Å². The van der Waals surface area contributed by atoms with E-state index in [0.29, 0.717) is 24.5 Å². The normalized spacial score (nSPS) is 21.5. The number of rotatable bonds is 4. The highest BCUT2D eigenvalue weighted by molar-refractivity contribution is 9.10. The van der Waals surface area contributed by atoms with E-state index in [1.165, 1.54) is 12.1 Å². The second-order valence-electron chi connectivity index (χ2n) is 7.36. The molecule has 1 aliphatic carbocycles. The Morgan fingerprint density at radius 2 is 1.74 bits per heavy atom. The maximum atomic E-state index is 14.1. The van der Waals surface area contributed by atoms with E-state index in [9.17, 15) is 36.6 Å². The van der Waals surface area contributed by atoms with Gasteiger partial charge in [0.25, 0.3) is 0 Å². The summed E-state index contributed by atoms with van der Waals surface area (Å²) in [4.78, 5) is 24.8. The highest BCUT2D eigenvalue weighted by Gasteiger charge is 2.43. The van der Waals surface area contributed by atoms with E-state index in [4.69, 9.17) is 0 Å². The van der Waals surface area contributed by atoms with Crippen molar-refractivity contribution in [1.82, 2.24) is 0 Å². The molecule has 2 aromatic rings. The molecule has 1 amide bonds. The Balaban J connectivity index is 1.86. The first-order valence-electron chi connectivity index (χ1n) is 9.34. The molecule has 0 bridgehead atoms. The van der Waals surface area contributed by atoms with Crippen LogP contribution in [-0.2, 0) is 15.8 Å². The SMILES string of the molecule is O=C(O)[C@@H]1[C@@H](c2ccc(Br)c(F)c2)CCC[C@H]1C(=O)Nc1ccc(C(F)(F)F)cc1F. The number of hydrogen-bond donors (Lipinski definition) is 2. The average Bonchev–Trinajstić information content (AvgIpc) is 2.70. The van der Waals surface area contributed by atoms with Crippen molar-refractivity contribution < 1.29 is 36.6 Å². The number of carboxylic acids is 1. The maximum Gasteiger partial charge on any atom is 0.416 e. The molecule has 3 rings (SSSR count). The predicted molar refractivity (Wildman–Crippen MR) is 105 cm³/mol. The fourth-order valence-electron chi connectivity index (χ4n) is 3.97. The van der Waals surface area contributed by atoms with Crippen LogP contribution in [0, 0.1) is 23.5 Å². The number of aliphatic carboxylic acids is 1. The Labute approximate surface area is 182 Å². The smallest absolute Gasteiger partial charge is 0.416 e. The zero-order valence-electron chi connectivity index (χ0n) is 15.8. The number of carboxylic acid groups (broad SMARTS) is 1. The first-order chi connectivity index (χ1) is 14.5. The van der Waals surface area contributed by atoms with Crippen LogP contribution < -0.4 is 5.32 Å². The fraction of sp³-hybridized carbons (Fsp3) is 0.333. The number of hydrogen-bond acceptors (Lipinski definition) is 2. The lowest BCUT2D eigenvalue weighted by Crippen LogP contribution is -2.40. The molecule has 1 fully saturated rings. The second-order valence-corrected chi connectivity index (χ2v) is 8.22. The molecule has 0 aromatic heterocycles. The third kappa shape index (κ3) is 5.06. The second kappa shape index (κ2) is 8.94.